The molecule has 1 aliphatic heterocycles. The Balaban J connectivity index is 1.84. The van der Waals surface area contributed by atoms with E-state index in [9.17, 15) is 0 Å². The third kappa shape index (κ3) is 4.63. The Kier molecular flexibility index (Phi) is 6.04. The van der Waals surface area contributed by atoms with Crippen LogP contribution < -0.4 is 5.32 Å². The first kappa shape index (κ1) is 15.0. The Morgan fingerprint density at radius 3 is 2.90 bits per heavy atom. The molecule has 0 spiro atoms. The van der Waals surface area contributed by atoms with Crippen molar-refractivity contribution >= 4 is 0 Å². The van der Waals surface area contributed by atoms with Crippen LogP contribution in [-0.2, 0) is 6.54 Å². The molecule has 0 aromatic heterocycles. The average Bonchev–Trinajstić information content (AvgIpc) is 2.48. The minimum absolute atomic E-state index is 0.349. The molecule has 0 saturated carbocycles. The van der Waals surface area contributed by atoms with Gasteiger partial charge in [0.25, 0.3) is 0 Å². The van der Waals surface area contributed by atoms with Crippen LogP contribution in [0.25, 0.3) is 0 Å². The zero-order valence-corrected chi connectivity index (χ0v) is 12.4. The van der Waals surface area contributed by atoms with Gasteiger partial charge in [-0.15, -0.1) is 0 Å². The van der Waals surface area contributed by atoms with Gasteiger partial charge in [-0.05, 0) is 31.4 Å². The molecule has 3 nitrogen and oxygen atoms in total. The molecule has 1 aliphatic rings. The second-order valence-corrected chi connectivity index (χ2v) is 5.69. The highest BCUT2D eigenvalue weighted by molar-refractivity contribution is 5.14. The molecule has 1 aromatic rings. The van der Waals surface area contributed by atoms with Gasteiger partial charge < -0.3 is 5.32 Å². The number of piperidine rings is 1. The summed E-state index contributed by atoms with van der Waals surface area (Å²) in [5, 5.41) is 12.5. The quantitative estimate of drug-likeness (QED) is 0.864. The number of nitrogens with one attached hydrogen (secondary N) is 1. The van der Waals surface area contributed by atoms with Crippen molar-refractivity contribution in [1.82, 2.24) is 10.2 Å². The number of hydrogen-bond acceptors (Lipinski definition) is 3. The summed E-state index contributed by atoms with van der Waals surface area (Å²) in [6, 6.07) is 13.8. The smallest absolute Gasteiger partial charge is 0.0638 e. The van der Waals surface area contributed by atoms with Crippen molar-refractivity contribution in [2.24, 2.45) is 0 Å². The Bertz CT molecular complexity index is 424. The normalized spacial score (nSPS) is 21.3. The zero-order chi connectivity index (χ0) is 14.2. The summed E-state index contributed by atoms with van der Waals surface area (Å²) in [5.41, 5.74) is 1.39. The number of nitriles is 1. The highest BCUT2D eigenvalue weighted by Gasteiger charge is 2.21. The molecule has 0 aliphatic carbocycles. The largest absolute Gasteiger partial charge is 0.309 e. The van der Waals surface area contributed by atoms with E-state index in [-0.39, 0.29) is 0 Å². The van der Waals surface area contributed by atoms with E-state index in [1.807, 2.05) is 0 Å². The van der Waals surface area contributed by atoms with Gasteiger partial charge in [-0.2, -0.15) is 5.26 Å². The lowest BCUT2D eigenvalue weighted by molar-refractivity contribution is 0.175. The Hall–Kier alpha value is -1.37. The zero-order valence-electron chi connectivity index (χ0n) is 12.4. The van der Waals surface area contributed by atoms with Gasteiger partial charge in [0.15, 0.2) is 0 Å². The van der Waals surface area contributed by atoms with Gasteiger partial charge in [-0.3, -0.25) is 4.90 Å². The maximum absolute atomic E-state index is 8.84. The number of nitrogens with zero attached hydrogens (tertiary/aromatic N) is 2. The molecule has 1 aromatic carbocycles. The molecule has 1 fully saturated rings. The molecule has 0 radical (unpaired) electrons. The standard InChI is InChI=1S/C17H25N3/c1-2-16(10-11-18)19-17-9-6-12-20(14-17)13-15-7-4-3-5-8-15/h3-5,7-8,16-17,19H,2,6,9-10,12-14H2,1H3. The molecule has 1 N–H and O–H groups in total. The maximum Gasteiger partial charge on any atom is 0.0638 e. The van der Waals surface area contributed by atoms with Crippen LogP contribution in [0.3, 0.4) is 0 Å². The first-order valence-electron chi connectivity index (χ1n) is 7.71. The predicted octanol–water partition coefficient (Wildman–Crippen LogP) is 2.93. The fourth-order valence-electron chi connectivity index (χ4n) is 2.94. The van der Waals surface area contributed by atoms with Crippen molar-refractivity contribution in [3.63, 3.8) is 0 Å². The highest BCUT2D eigenvalue weighted by atomic mass is 15.2. The first-order chi connectivity index (χ1) is 9.81. The van der Waals surface area contributed by atoms with Gasteiger partial charge in [0.2, 0.25) is 0 Å². The highest BCUT2D eigenvalue weighted by Crippen LogP contribution is 2.15. The summed E-state index contributed by atoms with van der Waals surface area (Å²) in [5.74, 6) is 0. The lowest BCUT2D eigenvalue weighted by Crippen LogP contribution is -2.48. The lowest BCUT2D eigenvalue weighted by Gasteiger charge is -2.35. The monoisotopic (exact) mass is 271 g/mol. The van der Waals surface area contributed by atoms with Gasteiger partial charge in [0.05, 0.1) is 12.5 Å². The van der Waals surface area contributed by atoms with Crippen LogP contribution in [0.15, 0.2) is 30.3 Å². The van der Waals surface area contributed by atoms with Crippen LogP contribution in [0.2, 0.25) is 0 Å². The second kappa shape index (κ2) is 8.04. The van der Waals surface area contributed by atoms with E-state index in [0.29, 0.717) is 18.5 Å². The third-order valence-electron chi connectivity index (χ3n) is 4.06. The van der Waals surface area contributed by atoms with E-state index >= 15 is 0 Å². The molecular formula is C17H25N3. The molecule has 0 amide bonds. The topological polar surface area (TPSA) is 39.1 Å². The van der Waals surface area contributed by atoms with Gasteiger partial charge >= 0.3 is 0 Å². The third-order valence-corrected chi connectivity index (χ3v) is 4.06. The number of benzene rings is 1. The van der Waals surface area contributed by atoms with Crippen LogP contribution in [-0.4, -0.2) is 30.1 Å². The molecule has 20 heavy (non-hydrogen) atoms. The van der Waals surface area contributed by atoms with Gasteiger partial charge in [0, 0.05) is 25.2 Å². The van der Waals surface area contributed by atoms with E-state index in [1.54, 1.807) is 0 Å². The minimum Gasteiger partial charge on any atom is -0.309 e. The van der Waals surface area contributed by atoms with Crippen molar-refractivity contribution in [2.45, 2.75) is 51.2 Å². The SMILES string of the molecule is CCC(CC#N)NC1CCCN(Cc2ccccc2)C1. The van der Waals surface area contributed by atoms with E-state index < -0.39 is 0 Å². The Labute approximate surface area is 122 Å². The molecule has 0 bridgehead atoms. The molecule has 1 heterocycles. The van der Waals surface area contributed by atoms with E-state index in [2.05, 4.69) is 53.5 Å². The summed E-state index contributed by atoms with van der Waals surface area (Å²) < 4.78 is 0. The summed E-state index contributed by atoms with van der Waals surface area (Å²) in [6.45, 7) is 5.46. The van der Waals surface area contributed by atoms with E-state index in [4.69, 9.17) is 5.26 Å². The van der Waals surface area contributed by atoms with E-state index in [0.717, 1.165) is 19.5 Å². The fourth-order valence-corrected chi connectivity index (χ4v) is 2.94. The van der Waals surface area contributed by atoms with Crippen LogP contribution in [0.5, 0.6) is 0 Å². The summed E-state index contributed by atoms with van der Waals surface area (Å²) in [7, 11) is 0. The molecule has 3 heteroatoms. The minimum atomic E-state index is 0.349. The lowest BCUT2D eigenvalue weighted by atomic mass is 10.0. The molecule has 2 unspecified atom stereocenters. The van der Waals surface area contributed by atoms with Crippen molar-refractivity contribution in [2.75, 3.05) is 13.1 Å². The van der Waals surface area contributed by atoms with Crippen LogP contribution >= 0.6 is 0 Å². The second-order valence-electron chi connectivity index (χ2n) is 5.69. The van der Waals surface area contributed by atoms with Gasteiger partial charge in [-0.1, -0.05) is 37.3 Å². The number of likely N-dealkylation sites (tertiary alicyclic amines) is 1. The summed E-state index contributed by atoms with van der Waals surface area (Å²) in [4.78, 5) is 2.52. The summed E-state index contributed by atoms with van der Waals surface area (Å²) >= 11 is 0. The van der Waals surface area contributed by atoms with Crippen molar-refractivity contribution < 1.29 is 0 Å². The van der Waals surface area contributed by atoms with Crippen LogP contribution in [0.4, 0.5) is 0 Å². The Morgan fingerprint density at radius 1 is 1.40 bits per heavy atom. The van der Waals surface area contributed by atoms with E-state index in [1.165, 1.54) is 24.9 Å². The van der Waals surface area contributed by atoms with Gasteiger partial charge in [0.1, 0.15) is 0 Å². The molecule has 1 saturated heterocycles. The Morgan fingerprint density at radius 2 is 2.20 bits per heavy atom. The van der Waals surface area contributed by atoms with Gasteiger partial charge in [-0.25, -0.2) is 0 Å². The van der Waals surface area contributed by atoms with Crippen LogP contribution in [0.1, 0.15) is 38.2 Å². The predicted molar refractivity (Wildman–Crippen MR) is 82.2 cm³/mol. The van der Waals surface area contributed by atoms with Crippen molar-refractivity contribution in [3.8, 4) is 6.07 Å². The van der Waals surface area contributed by atoms with Crippen molar-refractivity contribution in [1.29, 1.82) is 5.26 Å². The van der Waals surface area contributed by atoms with Crippen molar-refractivity contribution in [3.05, 3.63) is 35.9 Å². The fraction of sp³-hybridized carbons (Fsp3) is 0.588. The molecule has 2 atom stereocenters. The average molecular weight is 271 g/mol. The molecule has 108 valence electrons. The van der Waals surface area contributed by atoms with Crippen LogP contribution in [0, 0.1) is 11.3 Å². The first-order valence-corrected chi connectivity index (χ1v) is 7.71. The summed E-state index contributed by atoms with van der Waals surface area (Å²) in [6.07, 6.45) is 4.12. The molecular weight excluding hydrogens is 246 g/mol. The maximum atomic E-state index is 8.84. The number of rotatable bonds is 6. The molecule has 2 rings (SSSR count). The number of hydrogen-bond donors (Lipinski definition) is 1.